The lowest BCUT2D eigenvalue weighted by atomic mass is 9.96. The number of fused-ring (bicyclic) bond motifs is 2. The first kappa shape index (κ1) is 47.1. The maximum atomic E-state index is 12.2. The molecule has 1 unspecified atom stereocenters. The number of ketones is 1. The van der Waals surface area contributed by atoms with E-state index in [2.05, 4.69) is 73.7 Å². The first-order chi connectivity index (χ1) is 28.1. The Balaban J connectivity index is 0.000000240. The molecule has 0 heterocycles. The van der Waals surface area contributed by atoms with Crippen LogP contribution in [0.1, 0.15) is 81.4 Å². The van der Waals surface area contributed by atoms with E-state index in [1.807, 2.05) is 81.8 Å². The van der Waals surface area contributed by atoms with E-state index in [4.69, 9.17) is 4.74 Å². The Morgan fingerprint density at radius 3 is 1.78 bits per heavy atom. The highest BCUT2D eigenvalue weighted by Crippen LogP contribution is 2.29. The van der Waals surface area contributed by atoms with Gasteiger partial charge in [0.15, 0.2) is 5.78 Å². The number of carbonyl (C=O) groups excluding carboxylic acids is 3. The fraction of sp³-hybridized carbons (Fsp3) is 0.354. The van der Waals surface area contributed by atoms with Gasteiger partial charge in [0.1, 0.15) is 6.61 Å². The molecule has 0 saturated heterocycles. The Morgan fingerprint density at radius 2 is 1.29 bits per heavy atom. The lowest BCUT2D eigenvalue weighted by Crippen LogP contribution is -2.51. The molecule has 5 rings (SSSR count). The van der Waals surface area contributed by atoms with Crippen LogP contribution in [0.15, 0.2) is 114 Å². The average molecular weight is 803 g/mol. The van der Waals surface area contributed by atoms with Crippen molar-refractivity contribution < 1.29 is 28.8 Å². The Bertz CT molecular complexity index is 2150. The maximum Gasteiger partial charge on any atom is 0.410 e. The standard InChI is InChI=1S/C20H21NO2.C16H14O3.C12H27N5/c1-3-21(4-2)20(22)23-14-19-17-11-7-5-9-15(17)13-16-10-6-8-12-18(16)19;1-11(16(18)19)13-8-5-9-14(10-13)15(17)12-6-3-2-4-7-12;1-9(2)13-11(14-10(3)4)15-12(16(5)6)17(7)8/h5-13H,3-4,14H2,1-2H3;2-11H,1H3,(H,18,19);9-10H,1-8H3,(H,13,14). The fourth-order valence-corrected chi connectivity index (χ4v) is 6.18. The Labute approximate surface area is 350 Å². The second-order valence-electron chi connectivity index (χ2n) is 15.0. The predicted octanol–water partition coefficient (Wildman–Crippen LogP) is 7.27. The zero-order valence-electron chi connectivity index (χ0n) is 36.6. The van der Waals surface area contributed by atoms with Gasteiger partial charge in [-0.15, -0.1) is 0 Å². The molecule has 0 aromatic heterocycles. The largest absolute Gasteiger partial charge is 0.550 e. The van der Waals surface area contributed by atoms with E-state index < -0.39 is 11.9 Å². The second kappa shape index (κ2) is 23.2. The molecule has 0 aliphatic rings. The summed E-state index contributed by atoms with van der Waals surface area (Å²) in [5, 5.41) is 22.1. The molecule has 314 valence electrons. The van der Waals surface area contributed by atoms with E-state index in [9.17, 15) is 19.5 Å². The minimum Gasteiger partial charge on any atom is -0.550 e. The van der Waals surface area contributed by atoms with Crippen LogP contribution in [0, 0.1) is 0 Å². The molecule has 5 aromatic rings. The number of nitrogens with zero attached hydrogens (tertiary/aromatic N) is 4. The number of guanidine groups is 2. The van der Waals surface area contributed by atoms with Gasteiger partial charge in [-0.2, -0.15) is 0 Å². The molecule has 0 spiro atoms. The summed E-state index contributed by atoms with van der Waals surface area (Å²) in [6.07, 6.45) is -0.257. The molecule has 0 bridgehead atoms. The molecule has 0 aliphatic heterocycles. The fourth-order valence-electron chi connectivity index (χ4n) is 6.18. The summed E-state index contributed by atoms with van der Waals surface area (Å²) in [5.41, 5.74) is 2.71. The Hall–Kier alpha value is -6.23. The number of nitrogens with one attached hydrogen (secondary N) is 2. The molecule has 2 N–H and O–H groups in total. The number of rotatable bonds is 10. The number of aliphatic imine (C=N–C) groups is 1. The van der Waals surface area contributed by atoms with Gasteiger partial charge < -0.3 is 24.9 Å². The molecule has 11 nitrogen and oxygen atoms in total. The number of amides is 1. The van der Waals surface area contributed by atoms with E-state index >= 15 is 0 Å². The monoisotopic (exact) mass is 802 g/mol. The second-order valence-corrected chi connectivity index (χ2v) is 15.0. The highest BCUT2D eigenvalue weighted by atomic mass is 16.6. The summed E-state index contributed by atoms with van der Waals surface area (Å²) >= 11 is 0. The molecule has 0 saturated carbocycles. The molecule has 0 fully saturated rings. The Kier molecular flexibility index (Phi) is 18.6. The van der Waals surface area contributed by atoms with Crippen LogP contribution in [0.5, 0.6) is 0 Å². The SMILES string of the molecule is CC(C(=O)[O-])c1cccc(C(=O)c2ccccc2)c1.CC(C)N=C(NC(N(C)C)=[N+](C)C)NC(C)C.CCN(CC)C(=O)OCc1c2ccccc2cc2ccccc12. The van der Waals surface area contributed by atoms with E-state index in [1.165, 1.54) is 10.8 Å². The maximum absolute atomic E-state index is 12.2. The van der Waals surface area contributed by atoms with Crippen molar-refractivity contribution in [3.63, 3.8) is 0 Å². The summed E-state index contributed by atoms with van der Waals surface area (Å²) in [6, 6.07) is 34.8. The average Bonchev–Trinajstić information content (AvgIpc) is 3.21. The predicted molar refractivity (Wildman–Crippen MR) is 239 cm³/mol. The molecule has 5 aromatic carbocycles. The van der Waals surface area contributed by atoms with Gasteiger partial charge in [-0.05, 0) is 80.8 Å². The van der Waals surface area contributed by atoms with Gasteiger partial charge in [0, 0.05) is 53.8 Å². The number of benzene rings is 5. The topological polar surface area (TPSA) is 129 Å². The highest BCUT2D eigenvalue weighted by molar-refractivity contribution is 6.09. The van der Waals surface area contributed by atoms with Crippen LogP contribution in [-0.2, 0) is 16.1 Å². The highest BCUT2D eigenvalue weighted by Gasteiger charge is 2.17. The Morgan fingerprint density at radius 1 is 0.746 bits per heavy atom. The van der Waals surface area contributed by atoms with Crippen LogP contribution < -0.4 is 15.7 Å². The molecule has 0 aliphatic carbocycles. The van der Waals surface area contributed by atoms with E-state index in [-0.39, 0.29) is 24.5 Å². The summed E-state index contributed by atoms with van der Waals surface area (Å²) < 4.78 is 7.60. The molecule has 1 atom stereocenters. The van der Waals surface area contributed by atoms with Crippen LogP contribution in [0.25, 0.3) is 21.5 Å². The molecule has 1 amide bonds. The third-order valence-corrected chi connectivity index (χ3v) is 9.17. The number of ether oxygens (including phenoxy) is 1. The number of carbonyl (C=O) groups is 3. The van der Waals surface area contributed by atoms with Crippen LogP contribution in [0.4, 0.5) is 4.79 Å². The van der Waals surface area contributed by atoms with Crippen molar-refractivity contribution in [3.05, 3.63) is 131 Å². The van der Waals surface area contributed by atoms with Crippen molar-refractivity contribution in [2.24, 2.45) is 4.99 Å². The summed E-state index contributed by atoms with van der Waals surface area (Å²) in [5.74, 6) is -0.189. The van der Waals surface area contributed by atoms with Crippen molar-refractivity contribution in [2.75, 3.05) is 41.3 Å². The first-order valence-electron chi connectivity index (χ1n) is 20.1. The number of carboxylic acids is 1. The minimum absolute atomic E-state index is 0.118. The van der Waals surface area contributed by atoms with Crippen molar-refractivity contribution in [1.82, 2.24) is 20.4 Å². The number of hydrogen-bond acceptors (Lipinski definition) is 6. The smallest absolute Gasteiger partial charge is 0.410 e. The van der Waals surface area contributed by atoms with Gasteiger partial charge in [-0.25, -0.2) is 15.1 Å². The third-order valence-electron chi connectivity index (χ3n) is 9.17. The van der Waals surface area contributed by atoms with Crippen molar-refractivity contribution in [3.8, 4) is 0 Å². The molecular formula is C48H62N6O5. The zero-order valence-corrected chi connectivity index (χ0v) is 36.6. The van der Waals surface area contributed by atoms with Crippen LogP contribution in [-0.4, -0.2) is 97.5 Å². The first-order valence-corrected chi connectivity index (χ1v) is 20.1. The molecule has 0 radical (unpaired) electrons. The van der Waals surface area contributed by atoms with Gasteiger partial charge in [-0.1, -0.05) is 104 Å². The van der Waals surface area contributed by atoms with E-state index in [1.54, 1.807) is 60.4 Å². The van der Waals surface area contributed by atoms with Gasteiger partial charge in [0.25, 0.3) is 5.96 Å². The van der Waals surface area contributed by atoms with Gasteiger partial charge in [0.2, 0.25) is 0 Å². The zero-order chi connectivity index (χ0) is 43.6. The summed E-state index contributed by atoms with van der Waals surface area (Å²) in [6.45, 7) is 15.4. The summed E-state index contributed by atoms with van der Waals surface area (Å²) in [7, 11) is 8.02. The van der Waals surface area contributed by atoms with Gasteiger partial charge in [0.05, 0.1) is 28.2 Å². The van der Waals surface area contributed by atoms with Gasteiger partial charge >= 0.3 is 12.1 Å². The lowest BCUT2D eigenvalue weighted by molar-refractivity contribution is -0.471. The number of hydrogen-bond donors (Lipinski definition) is 2. The van der Waals surface area contributed by atoms with Crippen LogP contribution in [0.2, 0.25) is 0 Å². The molecule has 59 heavy (non-hydrogen) atoms. The lowest BCUT2D eigenvalue weighted by Gasteiger charge is -2.19. The van der Waals surface area contributed by atoms with Crippen molar-refractivity contribution >= 4 is 51.3 Å². The quantitative estimate of drug-likeness (QED) is 0.0496. The molecular weight excluding hydrogens is 741 g/mol. The van der Waals surface area contributed by atoms with Crippen LogP contribution in [0.3, 0.4) is 0 Å². The van der Waals surface area contributed by atoms with Gasteiger partial charge in [-0.3, -0.25) is 14.3 Å². The van der Waals surface area contributed by atoms with E-state index in [0.29, 0.717) is 35.8 Å². The third kappa shape index (κ3) is 14.3. The van der Waals surface area contributed by atoms with Crippen molar-refractivity contribution in [1.29, 1.82) is 0 Å². The number of carboxylic acid groups (broad SMARTS) is 1. The normalized spacial score (nSPS) is 11.4. The van der Waals surface area contributed by atoms with E-state index in [0.717, 1.165) is 28.3 Å². The van der Waals surface area contributed by atoms with Crippen molar-refractivity contribution in [2.45, 2.75) is 73.1 Å². The minimum atomic E-state index is -1.15. The van der Waals surface area contributed by atoms with Crippen LogP contribution >= 0.6 is 0 Å². The number of aliphatic carboxylic acids is 1. The summed E-state index contributed by atoms with van der Waals surface area (Å²) in [4.78, 5) is 43.5. The molecule has 11 heteroatoms.